The molecule has 21 heavy (non-hydrogen) atoms. The summed E-state index contributed by atoms with van der Waals surface area (Å²) in [5.41, 5.74) is 8.44. The van der Waals surface area contributed by atoms with Crippen LogP contribution in [0.5, 0.6) is 0 Å². The molecule has 0 aliphatic carbocycles. The van der Waals surface area contributed by atoms with Gasteiger partial charge in [0.15, 0.2) is 0 Å². The SMILES string of the molecule is CCN(Cc1ccncc1)c1ccc(CC(C)N)cc1F. The first-order valence-electron chi connectivity index (χ1n) is 7.28. The summed E-state index contributed by atoms with van der Waals surface area (Å²) in [4.78, 5) is 6.02. The summed E-state index contributed by atoms with van der Waals surface area (Å²) in [5, 5.41) is 0. The molecule has 0 aliphatic rings. The van der Waals surface area contributed by atoms with Gasteiger partial charge in [-0.3, -0.25) is 4.98 Å². The van der Waals surface area contributed by atoms with E-state index in [1.807, 2.05) is 43.0 Å². The fraction of sp³-hybridized carbons (Fsp3) is 0.353. The van der Waals surface area contributed by atoms with Gasteiger partial charge in [-0.2, -0.15) is 0 Å². The smallest absolute Gasteiger partial charge is 0.146 e. The summed E-state index contributed by atoms with van der Waals surface area (Å²) in [6, 6.07) is 9.33. The Hall–Kier alpha value is -1.94. The molecule has 2 rings (SSSR count). The number of rotatable bonds is 6. The molecule has 0 saturated heterocycles. The van der Waals surface area contributed by atoms with Crippen LogP contribution < -0.4 is 10.6 Å². The molecule has 1 aromatic carbocycles. The zero-order valence-corrected chi connectivity index (χ0v) is 12.6. The molecular formula is C17H22FN3. The van der Waals surface area contributed by atoms with Gasteiger partial charge in [-0.05, 0) is 55.7 Å². The highest BCUT2D eigenvalue weighted by molar-refractivity contribution is 5.49. The first kappa shape index (κ1) is 15.4. The summed E-state index contributed by atoms with van der Waals surface area (Å²) in [5.74, 6) is -0.191. The van der Waals surface area contributed by atoms with E-state index in [2.05, 4.69) is 4.98 Å². The summed E-state index contributed by atoms with van der Waals surface area (Å²) in [6.45, 7) is 5.36. The van der Waals surface area contributed by atoms with E-state index in [0.29, 0.717) is 18.7 Å². The third-order valence-electron chi connectivity index (χ3n) is 3.41. The van der Waals surface area contributed by atoms with Crippen molar-refractivity contribution in [1.82, 2.24) is 4.98 Å². The number of nitrogens with two attached hydrogens (primary N) is 1. The van der Waals surface area contributed by atoms with Gasteiger partial charge in [0.1, 0.15) is 5.82 Å². The number of benzene rings is 1. The predicted molar refractivity (Wildman–Crippen MR) is 84.7 cm³/mol. The number of hydrogen-bond donors (Lipinski definition) is 1. The zero-order chi connectivity index (χ0) is 15.2. The van der Waals surface area contributed by atoms with Crippen LogP contribution in [0.25, 0.3) is 0 Å². The number of anilines is 1. The predicted octanol–water partition coefficient (Wildman–Crippen LogP) is 3.14. The van der Waals surface area contributed by atoms with Crippen molar-refractivity contribution in [2.45, 2.75) is 32.9 Å². The molecular weight excluding hydrogens is 265 g/mol. The summed E-state index contributed by atoms with van der Waals surface area (Å²) in [7, 11) is 0. The molecule has 3 nitrogen and oxygen atoms in total. The van der Waals surface area contributed by atoms with Gasteiger partial charge in [0.05, 0.1) is 5.69 Å². The lowest BCUT2D eigenvalue weighted by atomic mass is 10.1. The van der Waals surface area contributed by atoms with Crippen molar-refractivity contribution in [3.8, 4) is 0 Å². The molecule has 0 amide bonds. The highest BCUT2D eigenvalue weighted by atomic mass is 19.1. The molecule has 0 fully saturated rings. The maximum atomic E-state index is 14.3. The minimum atomic E-state index is -0.191. The van der Waals surface area contributed by atoms with Crippen molar-refractivity contribution in [3.05, 3.63) is 59.7 Å². The average molecular weight is 287 g/mol. The van der Waals surface area contributed by atoms with Crippen LogP contribution in [0.4, 0.5) is 10.1 Å². The highest BCUT2D eigenvalue weighted by Crippen LogP contribution is 2.22. The fourth-order valence-corrected chi connectivity index (χ4v) is 2.38. The molecule has 2 N–H and O–H groups in total. The quantitative estimate of drug-likeness (QED) is 0.887. The van der Waals surface area contributed by atoms with Gasteiger partial charge in [0, 0.05) is 31.5 Å². The second kappa shape index (κ2) is 7.18. The van der Waals surface area contributed by atoms with Crippen LogP contribution in [0, 0.1) is 5.82 Å². The lowest BCUT2D eigenvalue weighted by molar-refractivity contribution is 0.613. The molecule has 1 atom stereocenters. The van der Waals surface area contributed by atoms with Crippen LogP contribution in [-0.4, -0.2) is 17.6 Å². The van der Waals surface area contributed by atoms with Crippen molar-refractivity contribution in [2.24, 2.45) is 5.73 Å². The van der Waals surface area contributed by atoms with Crippen molar-refractivity contribution in [1.29, 1.82) is 0 Å². The Bertz CT molecular complexity index is 570. The molecule has 2 aromatic rings. The minimum absolute atomic E-state index is 0.0364. The summed E-state index contributed by atoms with van der Waals surface area (Å²) in [6.07, 6.45) is 4.20. The molecule has 0 radical (unpaired) electrons. The van der Waals surface area contributed by atoms with Crippen LogP contribution >= 0.6 is 0 Å². The zero-order valence-electron chi connectivity index (χ0n) is 12.6. The topological polar surface area (TPSA) is 42.2 Å². The second-order valence-corrected chi connectivity index (χ2v) is 5.34. The Morgan fingerprint density at radius 3 is 2.48 bits per heavy atom. The molecule has 1 unspecified atom stereocenters. The number of pyridine rings is 1. The van der Waals surface area contributed by atoms with E-state index in [1.54, 1.807) is 18.5 Å². The molecule has 0 spiro atoms. The standard InChI is InChI=1S/C17H22FN3/c1-3-21(12-14-6-8-20-9-7-14)17-5-4-15(10-13(2)19)11-16(17)18/h4-9,11,13H,3,10,12,19H2,1-2H3. The Balaban J connectivity index is 2.18. The monoisotopic (exact) mass is 287 g/mol. The first-order chi connectivity index (χ1) is 10.1. The van der Waals surface area contributed by atoms with E-state index in [4.69, 9.17) is 5.73 Å². The Kier molecular flexibility index (Phi) is 5.28. The van der Waals surface area contributed by atoms with Gasteiger partial charge in [-0.25, -0.2) is 4.39 Å². The van der Waals surface area contributed by atoms with E-state index in [-0.39, 0.29) is 11.9 Å². The number of halogens is 1. The van der Waals surface area contributed by atoms with E-state index < -0.39 is 0 Å². The van der Waals surface area contributed by atoms with Crippen LogP contribution in [0.1, 0.15) is 25.0 Å². The van der Waals surface area contributed by atoms with Gasteiger partial charge in [-0.1, -0.05) is 6.07 Å². The van der Waals surface area contributed by atoms with Gasteiger partial charge in [0.2, 0.25) is 0 Å². The number of nitrogens with zero attached hydrogens (tertiary/aromatic N) is 2. The highest BCUT2D eigenvalue weighted by Gasteiger charge is 2.12. The Labute approximate surface area is 125 Å². The molecule has 4 heteroatoms. The van der Waals surface area contributed by atoms with Gasteiger partial charge in [-0.15, -0.1) is 0 Å². The lowest BCUT2D eigenvalue weighted by Crippen LogP contribution is -2.23. The summed E-state index contributed by atoms with van der Waals surface area (Å²) < 4.78 is 14.3. The van der Waals surface area contributed by atoms with Crippen LogP contribution in [0.3, 0.4) is 0 Å². The first-order valence-corrected chi connectivity index (χ1v) is 7.28. The van der Waals surface area contributed by atoms with Gasteiger partial charge in [0.25, 0.3) is 0 Å². The van der Waals surface area contributed by atoms with E-state index in [9.17, 15) is 4.39 Å². The van der Waals surface area contributed by atoms with Crippen LogP contribution in [0.15, 0.2) is 42.7 Å². The Morgan fingerprint density at radius 1 is 1.19 bits per heavy atom. The lowest BCUT2D eigenvalue weighted by Gasteiger charge is -2.24. The summed E-state index contributed by atoms with van der Waals surface area (Å²) >= 11 is 0. The normalized spacial score (nSPS) is 12.2. The molecule has 0 aliphatic heterocycles. The molecule has 1 heterocycles. The Morgan fingerprint density at radius 2 is 1.90 bits per heavy atom. The number of aromatic nitrogens is 1. The largest absolute Gasteiger partial charge is 0.365 e. The van der Waals surface area contributed by atoms with E-state index in [1.165, 1.54) is 0 Å². The van der Waals surface area contributed by atoms with Gasteiger partial charge < -0.3 is 10.6 Å². The maximum Gasteiger partial charge on any atom is 0.146 e. The fourth-order valence-electron chi connectivity index (χ4n) is 2.38. The van der Waals surface area contributed by atoms with E-state index >= 15 is 0 Å². The molecule has 0 saturated carbocycles. The van der Waals surface area contributed by atoms with Crippen molar-refractivity contribution >= 4 is 5.69 Å². The minimum Gasteiger partial charge on any atom is -0.365 e. The maximum absolute atomic E-state index is 14.3. The van der Waals surface area contributed by atoms with Crippen molar-refractivity contribution in [3.63, 3.8) is 0 Å². The molecule has 1 aromatic heterocycles. The average Bonchev–Trinajstić information content (AvgIpc) is 2.46. The van der Waals surface area contributed by atoms with Crippen molar-refractivity contribution < 1.29 is 4.39 Å². The van der Waals surface area contributed by atoms with Crippen LogP contribution in [0.2, 0.25) is 0 Å². The van der Waals surface area contributed by atoms with Crippen molar-refractivity contribution in [2.75, 3.05) is 11.4 Å². The van der Waals surface area contributed by atoms with Crippen LogP contribution in [-0.2, 0) is 13.0 Å². The molecule has 112 valence electrons. The second-order valence-electron chi connectivity index (χ2n) is 5.34. The van der Waals surface area contributed by atoms with E-state index in [0.717, 1.165) is 17.7 Å². The third kappa shape index (κ3) is 4.26. The van der Waals surface area contributed by atoms with Gasteiger partial charge >= 0.3 is 0 Å². The third-order valence-corrected chi connectivity index (χ3v) is 3.41. The molecule has 0 bridgehead atoms. The number of hydrogen-bond acceptors (Lipinski definition) is 3.